The summed E-state index contributed by atoms with van der Waals surface area (Å²) in [4.78, 5) is 17.5. The van der Waals surface area contributed by atoms with Gasteiger partial charge in [-0.3, -0.25) is 4.79 Å². The smallest absolute Gasteiger partial charge is 0.251 e. The molecule has 0 saturated carbocycles. The van der Waals surface area contributed by atoms with Crippen molar-refractivity contribution in [3.05, 3.63) is 65.7 Å². The van der Waals surface area contributed by atoms with E-state index in [0.717, 1.165) is 57.6 Å². The van der Waals surface area contributed by atoms with Crippen LogP contribution in [0.2, 0.25) is 0 Å². The van der Waals surface area contributed by atoms with E-state index in [1.807, 2.05) is 24.3 Å². The summed E-state index contributed by atoms with van der Waals surface area (Å²) in [5.74, 6) is 0.794. The second kappa shape index (κ2) is 11.5. The van der Waals surface area contributed by atoms with Crippen molar-refractivity contribution in [1.82, 2.24) is 15.1 Å². The SMILES string of the molecule is CN1CCCC1CCNC(=O)c1cccc(OC2CCN(CCc3ccccc3)CC2)c1. The van der Waals surface area contributed by atoms with Crippen molar-refractivity contribution < 1.29 is 9.53 Å². The van der Waals surface area contributed by atoms with Gasteiger partial charge in [0.25, 0.3) is 5.91 Å². The molecule has 0 aromatic heterocycles. The van der Waals surface area contributed by atoms with Crippen molar-refractivity contribution in [2.45, 2.75) is 50.7 Å². The molecule has 0 bridgehead atoms. The molecule has 0 aliphatic carbocycles. The number of likely N-dealkylation sites (tertiary alicyclic amines) is 2. The number of benzene rings is 2. The number of carbonyl (C=O) groups is 1. The highest BCUT2D eigenvalue weighted by atomic mass is 16.5. The first-order valence-electron chi connectivity index (χ1n) is 12.2. The van der Waals surface area contributed by atoms with Crippen LogP contribution in [0.4, 0.5) is 0 Å². The van der Waals surface area contributed by atoms with Crippen molar-refractivity contribution in [3.8, 4) is 5.75 Å². The van der Waals surface area contributed by atoms with E-state index in [1.54, 1.807) is 0 Å². The Hall–Kier alpha value is -2.37. The van der Waals surface area contributed by atoms with Crippen LogP contribution < -0.4 is 10.1 Å². The van der Waals surface area contributed by atoms with Gasteiger partial charge in [-0.15, -0.1) is 0 Å². The average molecular weight is 436 g/mol. The lowest BCUT2D eigenvalue weighted by atomic mass is 10.1. The largest absolute Gasteiger partial charge is 0.490 e. The minimum atomic E-state index is -0.00756. The molecule has 1 amide bonds. The van der Waals surface area contributed by atoms with Gasteiger partial charge < -0.3 is 19.9 Å². The lowest BCUT2D eigenvalue weighted by Gasteiger charge is -2.32. The van der Waals surface area contributed by atoms with Crippen LogP contribution in [0.25, 0.3) is 0 Å². The van der Waals surface area contributed by atoms with Gasteiger partial charge in [-0.2, -0.15) is 0 Å². The molecular weight excluding hydrogens is 398 g/mol. The van der Waals surface area contributed by atoms with Crippen molar-refractivity contribution in [2.75, 3.05) is 39.8 Å². The predicted molar refractivity (Wildman–Crippen MR) is 129 cm³/mol. The maximum absolute atomic E-state index is 12.6. The van der Waals surface area contributed by atoms with Crippen LogP contribution in [0.1, 0.15) is 48.0 Å². The number of piperidine rings is 1. The highest BCUT2D eigenvalue weighted by Gasteiger charge is 2.22. The van der Waals surface area contributed by atoms with Gasteiger partial charge in [0.15, 0.2) is 0 Å². The minimum Gasteiger partial charge on any atom is -0.490 e. The molecule has 2 aliphatic heterocycles. The molecule has 1 atom stereocenters. The maximum atomic E-state index is 12.6. The fraction of sp³-hybridized carbons (Fsp3) is 0.519. The van der Waals surface area contributed by atoms with E-state index in [2.05, 4.69) is 52.5 Å². The number of carbonyl (C=O) groups excluding carboxylic acids is 1. The Bertz CT molecular complexity index is 849. The van der Waals surface area contributed by atoms with Crippen LogP contribution in [-0.4, -0.2) is 67.6 Å². The molecular formula is C27H37N3O2. The van der Waals surface area contributed by atoms with Gasteiger partial charge in [0, 0.05) is 37.8 Å². The highest BCUT2D eigenvalue weighted by Crippen LogP contribution is 2.21. The van der Waals surface area contributed by atoms with Crippen LogP contribution in [0, 0.1) is 0 Å². The van der Waals surface area contributed by atoms with Crippen LogP contribution in [-0.2, 0) is 6.42 Å². The summed E-state index contributed by atoms with van der Waals surface area (Å²) in [7, 11) is 2.17. The second-order valence-electron chi connectivity index (χ2n) is 9.24. The number of nitrogens with zero attached hydrogens (tertiary/aromatic N) is 2. The maximum Gasteiger partial charge on any atom is 0.251 e. The standard InChI is InChI=1S/C27H37N3O2/c1-29-17-6-10-24(29)12-16-28-27(31)23-9-5-11-26(21-23)32-25-14-19-30(20-15-25)18-13-22-7-3-2-4-8-22/h2-5,7-9,11,21,24-25H,6,10,12-20H2,1H3,(H,28,31). The molecule has 0 radical (unpaired) electrons. The third-order valence-electron chi connectivity index (χ3n) is 6.93. The van der Waals surface area contributed by atoms with Gasteiger partial charge in [-0.25, -0.2) is 0 Å². The quantitative estimate of drug-likeness (QED) is 0.647. The summed E-state index contributed by atoms with van der Waals surface area (Å²) in [6.07, 6.45) is 6.89. The number of rotatable bonds is 9. The van der Waals surface area contributed by atoms with Crippen molar-refractivity contribution >= 4 is 5.91 Å². The molecule has 172 valence electrons. The third kappa shape index (κ3) is 6.57. The van der Waals surface area contributed by atoms with Gasteiger partial charge in [0.05, 0.1) is 0 Å². The number of amides is 1. The zero-order valence-electron chi connectivity index (χ0n) is 19.3. The Morgan fingerprint density at radius 2 is 1.84 bits per heavy atom. The first-order valence-corrected chi connectivity index (χ1v) is 12.2. The summed E-state index contributed by atoms with van der Waals surface area (Å²) in [6, 6.07) is 18.9. The topological polar surface area (TPSA) is 44.8 Å². The molecule has 32 heavy (non-hydrogen) atoms. The van der Waals surface area contributed by atoms with Crippen LogP contribution in [0.15, 0.2) is 54.6 Å². The van der Waals surface area contributed by atoms with Gasteiger partial charge in [-0.05, 0) is 75.9 Å². The molecule has 5 heteroatoms. The van der Waals surface area contributed by atoms with E-state index in [9.17, 15) is 4.79 Å². The van der Waals surface area contributed by atoms with Crippen molar-refractivity contribution in [1.29, 1.82) is 0 Å². The molecule has 2 fully saturated rings. The van der Waals surface area contributed by atoms with Gasteiger partial charge in [-0.1, -0.05) is 36.4 Å². The van der Waals surface area contributed by atoms with E-state index < -0.39 is 0 Å². The summed E-state index contributed by atoms with van der Waals surface area (Å²) in [5.41, 5.74) is 2.08. The Labute approximate surface area is 192 Å². The molecule has 0 spiro atoms. The summed E-state index contributed by atoms with van der Waals surface area (Å²) >= 11 is 0. The number of hydrogen-bond donors (Lipinski definition) is 1. The van der Waals surface area contributed by atoms with Gasteiger partial charge >= 0.3 is 0 Å². The first kappa shape index (κ1) is 22.8. The lowest BCUT2D eigenvalue weighted by Crippen LogP contribution is -2.39. The second-order valence-corrected chi connectivity index (χ2v) is 9.24. The monoisotopic (exact) mass is 435 g/mol. The average Bonchev–Trinajstić information content (AvgIpc) is 3.24. The summed E-state index contributed by atoms with van der Waals surface area (Å²) < 4.78 is 6.24. The fourth-order valence-electron chi connectivity index (χ4n) is 4.88. The Kier molecular flexibility index (Phi) is 8.18. The molecule has 2 saturated heterocycles. The van der Waals surface area contributed by atoms with Crippen molar-refractivity contribution in [3.63, 3.8) is 0 Å². The van der Waals surface area contributed by atoms with E-state index in [4.69, 9.17) is 4.74 Å². The summed E-state index contributed by atoms with van der Waals surface area (Å²) in [5, 5.41) is 3.08. The van der Waals surface area contributed by atoms with E-state index in [-0.39, 0.29) is 12.0 Å². The number of hydrogen-bond acceptors (Lipinski definition) is 4. The van der Waals surface area contributed by atoms with Crippen LogP contribution in [0.3, 0.4) is 0 Å². The Balaban J connectivity index is 1.19. The first-order chi connectivity index (χ1) is 15.7. The molecule has 2 aromatic carbocycles. The Morgan fingerprint density at radius 3 is 2.59 bits per heavy atom. The fourth-order valence-corrected chi connectivity index (χ4v) is 4.88. The van der Waals surface area contributed by atoms with Crippen molar-refractivity contribution in [2.24, 2.45) is 0 Å². The molecule has 1 N–H and O–H groups in total. The van der Waals surface area contributed by atoms with E-state index >= 15 is 0 Å². The lowest BCUT2D eigenvalue weighted by molar-refractivity contribution is 0.0942. The van der Waals surface area contributed by atoms with Crippen LogP contribution >= 0.6 is 0 Å². The number of nitrogens with one attached hydrogen (secondary N) is 1. The molecule has 5 nitrogen and oxygen atoms in total. The molecule has 1 unspecified atom stereocenters. The Morgan fingerprint density at radius 1 is 1.03 bits per heavy atom. The van der Waals surface area contributed by atoms with E-state index in [0.29, 0.717) is 11.6 Å². The zero-order valence-corrected chi connectivity index (χ0v) is 19.3. The predicted octanol–water partition coefficient (Wildman–Crippen LogP) is 3.99. The number of ether oxygens (including phenoxy) is 1. The minimum absolute atomic E-state index is 0.00756. The normalized spacial score (nSPS) is 20.3. The van der Waals surface area contributed by atoms with Gasteiger partial charge in [0.2, 0.25) is 0 Å². The summed E-state index contributed by atoms with van der Waals surface area (Å²) in [6.45, 7) is 5.12. The molecule has 2 aromatic rings. The van der Waals surface area contributed by atoms with Crippen LogP contribution in [0.5, 0.6) is 5.75 Å². The molecule has 4 rings (SSSR count). The zero-order chi connectivity index (χ0) is 22.2. The molecule has 2 aliphatic rings. The highest BCUT2D eigenvalue weighted by molar-refractivity contribution is 5.94. The van der Waals surface area contributed by atoms with Gasteiger partial charge in [0.1, 0.15) is 11.9 Å². The van der Waals surface area contributed by atoms with E-state index in [1.165, 1.54) is 24.9 Å². The molecule has 2 heterocycles. The third-order valence-corrected chi connectivity index (χ3v) is 6.93.